The smallest absolute Gasteiger partial charge is 0.254 e. The summed E-state index contributed by atoms with van der Waals surface area (Å²) in [5, 5.41) is 2.08. The number of benzene rings is 2. The molecular formula is C31H36N2O5S. The van der Waals surface area contributed by atoms with Crippen LogP contribution in [0.1, 0.15) is 72.9 Å². The molecule has 1 atom stereocenters. The van der Waals surface area contributed by atoms with Gasteiger partial charge in [0.05, 0.1) is 6.04 Å². The van der Waals surface area contributed by atoms with Gasteiger partial charge in [0.2, 0.25) is 12.7 Å². The normalized spacial score (nSPS) is 16.3. The highest BCUT2D eigenvalue weighted by atomic mass is 32.1. The van der Waals surface area contributed by atoms with Crippen molar-refractivity contribution in [2.75, 3.05) is 26.5 Å². The Morgan fingerprint density at radius 3 is 2.54 bits per heavy atom. The number of carbonyl (C=O) groups is 2. The molecule has 0 aliphatic carbocycles. The van der Waals surface area contributed by atoms with E-state index in [1.165, 1.54) is 10.4 Å². The lowest BCUT2D eigenvalue weighted by Gasteiger charge is -2.40. The topological polar surface area (TPSA) is 68.3 Å². The van der Waals surface area contributed by atoms with Crippen LogP contribution >= 0.6 is 11.3 Å². The Balaban J connectivity index is 1.35. The number of fused-ring (bicyclic) bond motifs is 2. The van der Waals surface area contributed by atoms with Crippen molar-refractivity contribution in [1.29, 1.82) is 0 Å². The number of hydrogen-bond acceptors (Lipinski definition) is 6. The number of hydrogen-bond donors (Lipinski definition) is 0. The van der Waals surface area contributed by atoms with Gasteiger partial charge in [0.25, 0.3) is 5.91 Å². The summed E-state index contributed by atoms with van der Waals surface area (Å²) < 4.78 is 17.1. The minimum atomic E-state index is -0.573. The molecule has 0 saturated heterocycles. The van der Waals surface area contributed by atoms with Crippen LogP contribution in [-0.2, 0) is 11.2 Å². The van der Waals surface area contributed by atoms with Gasteiger partial charge < -0.3 is 24.0 Å². The molecule has 5 rings (SSSR count). The molecule has 1 aromatic heterocycles. The predicted octanol–water partition coefficient (Wildman–Crippen LogP) is 6.05. The maximum atomic E-state index is 13.9. The molecule has 0 N–H and O–H groups in total. The van der Waals surface area contributed by atoms with E-state index in [0.717, 1.165) is 17.7 Å². The first-order chi connectivity index (χ1) is 18.6. The zero-order valence-corrected chi connectivity index (χ0v) is 24.0. The van der Waals surface area contributed by atoms with Gasteiger partial charge in [-0.25, -0.2) is 0 Å². The van der Waals surface area contributed by atoms with Gasteiger partial charge in [-0.2, -0.15) is 0 Å². The number of carbonyl (C=O) groups excluding carboxylic acids is 2. The minimum absolute atomic E-state index is 0.0319. The molecule has 8 heteroatoms. The fraction of sp³-hybridized carbons (Fsp3) is 0.419. The highest BCUT2D eigenvalue weighted by Crippen LogP contribution is 2.36. The van der Waals surface area contributed by atoms with E-state index in [1.807, 2.05) is 37.8 Å². The van der Waals surface area contributed by atoms with E-state index in [0.29, 0.717) is 36.1 Å². The molecule has 0 saturated carbocycles. The van der Waals surface area contributed by atoms with Crippen molar-refractivity contribution in [2.45, 2.75) is 58.5 Å². The third kappa shape index (κ3) is 5.76. The summed E-state index contributed by atoms with van der Waals surface area (Å²) in [5.41, 5.74) is 2.27. The van der Waals surface area contributed by atoms with Crippen molar-refractivity contribution in [2.24, 2.45) is 0 Å². The Morgan fingerprint density at radius 2 is 1.82 bits per heavy atom. The summed E-state index contributed by atoms with van der Waals surface area (Å²) in [6.45, 7) is 11.2. The molecule has 2 aromatic carbocycles. The number of ether oxygens (including phenoxy) is 3. The summed E-state index contributed by atoms with van der Waals surface area (Å²) >= 11 is 1.72. The van der Waals surface area contributed by atoms with Crippen LogP contribution in [0.15, 0.2) is 53.9 Å². The Kier molecular flexibility index (Phi) is 7.58. The monoisotopic (exact) mass is 548 g/mol. The van der Waals surface area contributed by atoms with Crippen molar-refractivity contribution >= 4 is 23.2 Å². The van der Waals surface area contributed by atoms with Crippen LogP contribution in [-0.4, -0.2) is 53.6 Å². The molecule has 2 amide bonds. The van der Waals surface area contributed by atoms with Crippen molar-refractivity contribution < 1.29 is 23.8 Å². The predicted molar refractivity (Wildman–Crippen MR) is 152 cm³/mol. The third-order valence-corrected chi connectivity index (χ3v) is 8.33. The molecule has 3 heterocycles. The van der Waals surface area contributed by atoms with Gasteiger partial charge >= 0.3 is 0 Å². The van der Waals surface area contributed by atoms with Gasteiger partial charge in [0.15, 0.2) is 11.5 Å². The molecule has 0 radical (unpaired) electrons. The van der Waals surface area contributed by atoms with E-state index < -0.39 is 5.54 Å². The number of nitrogens with zero attached hydrogens (tertiary/aromatic N) is 2. The Labute approximate surface area is 234 Å². The highest BCUT2D eigenvalue weighted by molar-refractivity contribution is 7.10. The molecule has 0 bridgehead atoms. The molecule has 7 nitrogen and oxygen atoms in total. The molecule has 0 spiro atoms. The van der Waals surface area contributed by atoms with Gasteiger partial charge in [0.1, 0.15) is 18.9 Å². The standard InChI is InChI=1S/C31H36N2O5S/c1-20(2)21-6-9-23(10-7-21)36-18-25-24-13-15-39-28(24)12-14-32(25)29(34)17-33(31(3,4)5)30(35)22-8-11-26-27(16-22)38-19-37-26/h6-11,13,15-16,20,25H,12,14,17-19H2,1-5H3/t25-/m0/s1. The fourth-order valence-electron chi connectivity index (χ4n) is 5.02. The van der Waals surface area contributed by atoms with Crippen molar-refractivity contribution in [3.05, 3.63) is 75.5 Å². The summed E-state index contributed by atoms with van der Waals surface area (Å²) in [7, 11) is 0. The zero-order valence-electron chi connectivity index (χ0n) is 23.2. The largest absolute Gasteiger partial charge is 0.491 e. The molecule has 2 aliphatic rings. The summed E-state index contributed by atoms with van der Waals surface area (Å²) in [4.78, 5) is 32.4. The Morgan fingerprint density at radius 1 is 1.08 bits per heavy atom. The van der Waals surface area contributed by atoms with Gasteiger partial charge in [-0.15, -0.1) is 11.3 Å². The van der Waals surface area contributed by atoms with E-state index >= 15 is 0 Å². The first-order valence-corrected chi connectivity index (χ1v) is 14.3. The van der Waals surface area contributed by atoms with Crippen molar-refractivity contribution in [3.8, 4) is 17.2 Å². The minimum Gasteiger partial charge on any atom is -0.491 e. The highest BCUT2D eigenvalue weighted by Gasteiger charge is 2.36. The van der Waals surface area contributed by atoms with Crippen LogP contribution in [0.25, 0.3) is 0 Å². The van der Waals surface area contributed by atoms with Crippen LogP contribution in [0.2, 0.25) is 0 Å². The number of thiophene rings is 1. The van der Waals surface area contributed by atoms with Gasteiger partial charge in [-0.3, -0.25) is 9.59 Å². The summed E-state index contributed by atoms with van der Waals surface area (Å²) in [5.74, 6) is 2.07. The first kappa shape index (κ1) is 27.1. The average Bonchev–Trinajstić information content (AvgIpc) is 3.58. The molecule has 3 aromatic rings. The maximum Gasteiger partial charge on any atom is 0.254 e. The second kappa shape index (κ2) is 10.9. The van der Waals surface area contributed by atoms with E-state index in [1.54, 1.807) is 34.4 Å². The molecule has 0 unspecified atom stereocenters. The molecule has 0 fully saturated rings. The summed E-state index contributed by atoms with van der Waals surface area (Å²) in [6, 6.07) is 15.2. The lowest BCUT2D eigenvalue weighted by atomic mass is 9.99. The second-order valence-corrected chi connectivity index (χ2v) is 12.3. The van der Waals surface area contributed by atoms with Crippen LogP contribution in [0, 0.1) is 0 Å². The van der Waals surface area contributed by atoms with Crippen LogP contribution in [0.5, 0.6) is 17.2 Å². The van der Waals surface area contributed by atoms with E-state index in [4.69, 9.17) is 14.2 Å². The van der Waals surface area contributed by atoms with Crippen LogP contribution in [0.3, 0.4) is 0 Å². The third-order valence-electron chi connectivity index (χ3n) is 7.34. The lowest BCUT2D eigenvalue weighted by molar-refractivity contribution is -0.136. The maximum absolute atomic E-state index is 13.9. The van der Waals surface area contributed by atoms with E-state index in [2.05, 4.69) is 37.4 Å². The van der Waals surface area contributed by atoms with Gasteiger partial charge in [-0.05, 0) is 86.0 Å². The van der Waals surface area contributed by atoms with Crippen LogP contribution < -0.4 is 14.2 Å². The van der Waals surface area contributed by atoms with Crippen molar-refractivity contribution in [3.63, 3.8) is 0 Å². The van der Waals surface area contributed by atoms with Crippen LogP contribution in [0.4, 0.5) is 0 Å². The molecular weight excluding hydrogens is 512 g/mol. The molecule has 206 valence electrons. The lowest BCUT2D eigenvalue weighted by Crippen LogP contribution is -2.53. The zero-order chi connectivity index (χ0) is 27.7. The molecule has 2 aliphatic heterocycles. The SMILES string of the molecule is CC(C)c1ccc(OC[C@H]2c3ccsc3CCN2C(=O)CN(C(=O)c2ccc3c(c2)OCO3)C(C)(C)C)cc1. The van der Waals surface area contributed by atoms with Gasteiger partial charge in [0, 0.05) is 22.5 Å². The summed E-state index contributed by atoms with van der Waals surface area (Å²) in [6.07, 6.45) is 0.796. The number of rotatable bonds is 7. The average molecular weight is 549 g/mol. The van der Waals surface area contributed by atoms with Crippen molar-refractivity contribution in [1.82, 2.24) is 9.80 Å². The van der Waals surface area contributed by atoms with E-state index in [-0.39, 0.29) is 31.2 Å². The Hall–Kier alpha value is -3.52. The van der Waals surface area contributed by atoms with Gasteiger partial charge in [-0.1, -0.05) is 26.0 Å². The fourth-order valence-corrected chi connectivity index (χ4v) is 5.95. The van der Waals surface area contributed by atoms with E-state index in [9.17, 15) is 9.59 Å². The quantitative estimate of drug-likeness (QED) is 0.360. The first-order valence-electron chi connectivity index (χ1n) is 13.4. The molecule has 39 heavy (non-hydrogen) atoms. The number of amides is 2. The Bertz CT molecular complexity index is 1340. The second-order valence-electron chi connectivity index (χ2n) is 11.3.